The van der Waals surface area contributed by atoms with Crippen LogP contribution >= 0.6 is 0 Å². The molecule has 0 aliphatic rings. The van der Waals surface area contributed by atoms with Crippen LogP contribution in [0.1, 0.15) is 25.3 Å². The average Bonchev–Trinajstić information content (AvgIpc) is 2.54. The second-order valence-corrected chi connectivity index (χ2v) is 5.48. The highest BCUT2D eigenvalue weighted by Crippen LogP contribution is 2.31. The molecule has 0 heterocycles. The molecule has 1 rings (SSSR count). The molecule has 7 heteroatoms. The van der Waals surface area contributed by atoms with Crippen LogP contribution in [0.3, 0.4) is 0 Å². The van der Waals surface area contributed by atoms with E-state index in [2.05, 4.69) is 10.6 Å². The molecule has 1 aromatic rings. The first-order chi connectivity index (χ1) is 11.5. The molecule has 0 bridgehead atoms. The van der Waals surface area contributed by atoms with E-state index in [-0.39, 0.29) is 12.5 Å². The highest BCUT2D eigenvalue weighted by atomic mass is 16.5. The molecule has 7 nitrogen and oxygen atoms in total. The Morgan fingerprint density at radius 2 is 1.96 bits per heavy atom. The van der Waals surface area contributed by atoms with E-state index in [1.54, 1.807) is 26.2 Å². The zero-order valence-corrected chi connectivity index (χ0v) is 14.8. The molecular weight excluding hydrogens is 310 g/mol. The number of likely N-dealkylation sites (N-methyl/N-ethyl adjacent to an activating group) is 1. The van der Waals surface area contributed by atoms with Crippen molar-refractivity contribution in [1.82, 2.24) is 15.5 Å². The van der Waals surface area contributed by atoms with Crippen LogP contribution in [0.25, 0.3) is 0 Å². The Morgan fingerprint density at radius 3 is 2.58 bits per heavy atom. The van der Waals surface area contributed by atoms with Crippen LogP contribution < -0.4 is 20.1 Å². The van der Waals surface area contributed by atoms with Gasteiger partial charge in [0.25, 0.3) is 0 Å². The van der Waals surface area contributed by atoms with Crippen LogP contribution in [-0.2, 0) is 11.3 Å². The number of urea groups is 1. The number of hydrogen-bond donors (Lipinski definition) is 2. The lowest BCUT2D eigenvalue weighted by molar-refractivity contribution is -0.120. The zero-order chi connectivity index (χ0) is 17.9. The van der Waals surface area contributed by atoms with E-state index in [0.29, 0.717) is 24.6 Å². The second kappa shape index (κ2) is 10.5. The summed E-state index contributed by atoms with van der Waals surface area (Å²) in [4.78, 5) is 25.2. The average molecular weight is 337 g/mol. The molecule has 0 aromatic heterocycles. The number of benzene rings is 1. The van der Waals surface area contributed by atoms with Gasteiger partial charge in [-0.25, -0.2) is 4.79 Å². The van der Waals surface area contributed by atoms with Gasteiger partial charge in [0.2, 0.25) is 5.91 Å². The molecule has 0 aliphatic heterocycles. The minimum atomic E-state index is -0.458. The third-order valence-corrected chi connectivity index (χ3v) is 3.41. The quantitative estimate of drug-likeness (QED) is 0.671. The first-order valence-corrected chi connectivity index (χ1v) is 7.97. The van der Waals surface area contributed by atoms with Crippen molar-refractivity contribution in [3.63, 3.8) is 0 Å². The summed E-state index contributed by atoms with van der Waals surface area (Å²) >= 11 is 0. The lowest BCUT2D eigenvalue weighted by Gasteiger charge is -2.19. The van der Waals surface area contributed by atoms with Crippen LogP contribution in [0.5, 0.6) is 11.5 Å². The monoisotopic (exact) mass is 337 g/mol. The highest BCUT2D eigenvalue weighted by Gasteiger charge is 2.14. The van der Waals surface area contributed by atoms with Gasteiger partial charge in [0.1, 0.15) is 0 Å². The third kappa shape index (κ3) is 6.45. The van der Waals surface area contributed by atoms with Gasteiger partial charge in [-0.15, -0.1) is 0 Å². The van der Waals surface area contributed by atoms with Crippen LogP contribution in [-0.4, -0.2) is 51.2 Å². The van der Waals surface area contributed by atoms with Crippen molar-refractivity contribution in [2.75, 3.05) is 34.4 Å². The Bertz CT molecular complexity index is 549. The highest BCUT2D eigenvalue weighted by molar-refractivity contribution is 5.95. The number of methoxy groups -OCH3 is 2. The van der Waals surface area contributed by atoms with Gasteiger partial charge in [-0.1, -0.05) is 25.5 Å². The topological polar surface area (TPSA) is 79.9 Å². The van der Waals surface area contributed by atoms with Crippen molar-refractivity contribution in [3.8, 4) is 11.5 Å². The summed E-state index contributed by atoms with van der Waals surface area (Å²) in [6.45, 7) is 3.19. The molecule has 0 atom stereocenters. The van der Waals surface area contributed by atoms with E-state index in [4.69, 9.17) is 9.47 Å². The number of nitrogens with one attached hydrogen (secondary N) is 2. The first-order valence-electron chi connectivity index (χ1n) is 7.97. The van der Waals surface area contributed by atoms with Crippen molar-refractivity contribution < 1.29 is 19.1 Å². The Morgan fingerprint density at radius 1 is 1.21 bits per heavy atom. The van der Waals surface area contributed by atoms with Crippen LogP contribution in [0, 0.1) is 0 Å². The number of amides is 3. The maximum atomic E-state index is 11.9. The summed E-state index contributed by atoms with van der Waals surface area (Å²) in [5.41, 5.74) is 0.902. The van der Waals surface area contributed by atoms with Crippen LogP contribution in [0.15, 0.2) is 18.2 Å². The van der Waals surface area contributed by atoms with Gasteiger partial charge < -0.3 is 14.8 Å². The maximum absolute atomic E-state index is 11.9. The lowest BCUT2D eigenvalue weighted by Crippen LogP contribution is -2.43. The van der Waals surface area contributed by atoms with Crippen LogP contribution in [0.4, 0.5) is 4.79 Å². The van der Waals surface area contributed by atoms with Crippen molar-refractivity contribution in [3.05, 3.63) is 23.8 Å². The molecular formula is C17H27N3O4. The number of carbonyl (C=O) groups is 2. The second-order valence-electron chi connectivity index (χ2n) is 5.48. The predicted octanol–water partition coefficient (Wildman–Crippen LogP) is 1.76. The molecule has 0 saturated carbocycles. The number of unbranched alkanes of at least 4 members (excludes halogenated alkanes) is 1. The number of ether oxygens (including phenoxy) is 2. The number of carbonyl (C=O) groups excluding carboxylic acids is 2. The van der Waals surface area contributed by atoms with Gasteiger partial charge in [-0.2, -0.15) is 0 Å². The number of rotatable bonds is 9. The Balaban J connectivity index is 2.52. The van der Waals surface area contributed by atoms with E-state index >= 15 is 0 Å². The summed E-state index contributed by atoms with van der Waals surface area (Å²) in [7, 11) is 4.96. The summed E-state index contributed by atoms with van der Waals surface area (Å²) < 4.78 is 10.6. The summed E-state index contributed by atoms with van der Waals surface area (Å²) in [6, 6.07) is 5.13. The number of para-hydroxylation sites is 1. The fraction of sp³-hybridized carbons (Fsp3) is 0.529. The first kappa shape index (κ1) is 19.8. The molecule has 0 fully saturated rings. The SMILES string of the molecule is CCCCNC(=O)NC(=O)CN(C)Cc1cccc(OC)c1OC. The zero-order valence-electron chi connectivity index (χ0n) is 14.8. The third-order valence-electron chi connectivity index (χ3n) is 3.41. The van der Waals surface area contributed by atoms with Crippen molar-refractivity contribution >= 4 is 11.9 Å². The van der Waals surface area contributed by atoms with E-state index < -0.39 is 6.03 Å². The largest absolute Gasteiger partial charge is 0.493 e. The normalized spacial score (nSPS) is 10.4. The Hall–Kier alpha value is -2.28. The summed E-state index contributed by atoms with van der Waals surface area (Å²) in [5.74, 6) is 0.932. The standard InChI is InChI=1S/C17H27N3O4/c1-5-6-10-18-17(22)19-15(21)12-20(2)11-13-8-7-9-14(23-3)16(13)24-4/h7-9H,5-6,10-12H2,1-4H3,(H2,18,19,21,22). The molecule has 24 heavy (non-hydrogen) atoms. The van der Waals surface area contributed by atoms with Crippen molar-refractivity contribution in [2.24, 2.45) is 0 Å². The maximum Gasteiger partial charge on any atom is 0.321 e. The number of nitrogens with zero attached hydrogens (tertiary/aromatic N) is 1. The molecule has 0 radical (unpaired) electrons. The van der Waals surface area contributed by atoms with Gasteiger partial charge in [-0.05, 0) is 19.5 Å². The minimum absolute atomic E-state index is 0.0988. The van der Waals surface area contributed by atoms with Gasteiger partial charge in [-0.3, -0.25) is 15.0 Å². The lowest BCUT2D eigenvalue weighted by atomic mass is 10.1. The predicted molar refractivity (Wildman–Crippen MR) is 92.3 cm³/mol. The smallest absolute Gasteiger partial charge is 0.321 e. The van der Waals surface area contributed by atoms with Crippen molar-refractivity contribution in [1.29, 1.82) is 0 Å². The molecule has 0 saturated heterocycles. The molecule has 3 amide bonds. The van der Waals surface area contributed by atoms with Gasteiger partial charge >= 0.3 is 6.03 Å². The van der Waals surface area contributed by atoms with Crippen molar-refractivity contribution in [2.45, 2.75) is 26.3 Å². The van der Waals surface area contributed by atoms with Crippen LogP contribution in [0.2, 0.25) is 0 Å². The summed E-state index contributed by atoms with van der Waals surface area (Å²) in [5, 5.41) is 4.96. The molecule has 1 aromatic carbocycles. The van der Waals surface area contributed by atoms with Gasteiger partial charge in [0.15, 0.2) is 11.5 Å². The van der Waals surface area contributed by atoms with E-state index in [1.807, 2.05) is 25.1 Å². The van der Waals surface area contributed by atoms with Gasteiger partial charge in [0.05, 0.1) is 20.8 Å². The summed E-state index contributed by atoms with van der Waals surface area (Å²) in [6.07, 6.45) is 1.87. The fourth-order valence-corrected chi connectivity index (χ4v) is 2.26. The molecule has 2 N–H and O–H groups in total. The van der Waals surface area contributed by atoms with E-state index in [9.17, 15) is 9.59 Å². The molecule has 134 valence electrons. The molecule has 0 spiro atoms. The van der Waals surface area contributed by atoms with E-state index in [0.717, 1.165) is 18.4 Å². The number of imide groups is 1. The molecule has 0 unspecified atom stereocenters. The molecule has 0 aliphatic carbocycles. The Kier molecular flexibility index (Phi) is 8.64. The van der Waals surface area contributed by atoms with E-state index in [1.165, 1.54) is 0 Å². The van der Waals surface area contributed by atoms with Gasteiger partial charge in [0, 0.05) is 18.7 Å². The Labute approximate surface area is 143 Å². The number of hydrogen-bond acceptors (Lipinski definition) is 5. The minimum Gasteiger partial charge on any atom is -0.493 e. The fourth-order valence-electron chi connectivity index (χ4n) is 2.26.